The molecule has 1 aliphatic heterocycles. The van der Waals surface area contributed by atoms with Gasteiger partial charge >= 0.3 is 6.03 Å². The summed E-state index contributed by atoms with van der Waals surface area (Å²) in [5, 5.41) is 5.89. The highest BCUT2D eigenvalue weighted by atomic mass is 35.5. The lowest BCUT2D eigenvalue weighted by atomic mass is 10.2. The molecule has 0 spiro atoms. The molecular formula is C24H23ClFN5O2. The first-order chi connectivity index (χ1) is 16.0. The number of benzene rings is 2. The largest absolute Gasteiger partial charge is 0.355 e. The molecule has 0 bridgehead atoms. The third-order valence-electron chi connectivity index (χ3n) is 5.33. The number of carbonyl (C=O) groups excluding carboxylic acids is 2. The van der Waals surface area contributed by atoms with Crippen LogP contribution in [0.15, 0.2) is 66.9 Å². The molecule has 0 saturated carbocycles. The lowest BCUT2D eigenvalue weighted by Crippen LogP contribution is -2.35. The Bertz CT molecular complexity index is 1120. The molecule has 7 nitrogen and oxygen atoms in total. The van der Waals surface area contributed by atoms with Gasteiger partial charge in [0.1, 0.15) is 11.6 Å². The first-order valence-electron chi connectivity index (χ1n) is 10.6. The van der Waals surface area contributed by atoms with Gasteiger partial charge in [-0.05, 0) is 55.0 Å². The maximum atomic E-state index is 13.1. The van der Waals surface area contributed by atoms with Crippen molar-refractivity contribution in [3.05, 3.63) is 83.3 Å². The second-order valence-electron chi connectivity index (χ2n) is 7.60. The van der Waals surface area contributed by atoms with Gasteiger partial charge in [-0.3, -0.25) is 4.79 Å². The maximum Gasteiger partial charge on any atom is 0.323 e. The van der Waals surface area contributed by atoms with Gasteiger partial charge in [-0.2, -0.15) is 0 Å². The van der Waals surface area contributed by atoms with Gasteiger partial charge in [-0.15, -0.1) is 0 Å². The summed E-state index contributed by atoms with van der Waals surface area (Å²) in [6.07, 6.45) is 2.38. The summed E-state index contributed by atoms with van der Waals surface area (Å²) in [6, 6.07) is 15.8. The number of urea groups is 1. The van der Waals surface area contributed by atoms with Gasteiger partial charge in [0.25, 0.3) is 5.91 Å². The van der Waals surface area contributed by atoms with Crippen molar-refractivity contribution in [1.29, 1.82) is 0 Å². The van der Waals surface area contributed by atoms with Crippen molar-refractivity contribution >= 4 is 40.7 Å². The number of halogens is 2. The predicted molar refractivity (Wildman–Crippen MR) is 127 cm³/mol. The Morgan fingerprint density at radius 1 is 0.909 bits per heavy atom. The van der Waals surface area contributed by atoms with E-state index in [1.165, 1.54) is 24.3 Å². The molecule has 4 rings (SSSR count). The Morgan fingerprint density at radius 3 is 2.42 bits per heavy atom. The van der Waals surface area contributed by atoms with E-state index in [0.29, 0.717) is 41.6 Å². The van der Waals surface area contributed by atoms with Crippen LogP contribution in [0, 0.1) is 5.82 Å². The van der Waals surface area contributed by atoms with Gasteiger partial charge < -0.3 is 20.4 Å². The second kappa shape index (κ2) is 10.3. The fourth-order valence-electron chi connectivity index (χ4n) is 3.62. The highest BCUT2D eigenvalue weighted by Crippen LogP contribution is 2.21. The van der Waals surface area contributed by atoms with Crippen molar-refractivity contribution in [2.24, 2.45) is 0 Å². The Kier molecular flexibility index (Phi) is 7.04. The zero-order chi connectivity index (χ0) is 23.2. The minimum atomic E-state index is -0.414. The third kappa shape index (κ3) is 5.78. The number of hydrogen-bond acceptors (Lipinski definition) is 4. The molecule has 0 aliphatic carbocycles. The van der Waals surface area contributed by atoms with E-state index in [2.05, 4.69) is 20.5 Å². The quantitative estimate of drug-likeness (QED) is 0.573. The number of rotatable bonds is 4. The normalized spacial score (nSPS) is 13.9. The van der Waals surface area contributed by atoms with Crippen LogP contribution in [0.5, 0.6) is 0 Å². The molecule has 3 amide bonds. The molecular weight excluding hydrogens is 445 g/mol. The standard InChI is InChI=1S/C24H23ClFN5O2/c25-20-4-1-2-5-21(20)29-24(33)28-19-10-11-22(27-16-19)30-12-3-13-31(15-14-30)23(32)17-6-8-18(26)9-7-17/h1-2,4-11,16H,3,12-15H2,(H2,28,29,33). The van der Waals surface area contributed by atoms with Gasteiger partial charge in [0.2, 0.25) is 0 Å². The lowest BCUT2D eigenvalue weighted by molar-refractivity contribution is 0.0767. The first-order valence-corrected chi connectivity index (χ1v) is 11.0. The van der Waals surface area contributed by atoms with Crippen LogP contribution in [0.25, 0.3) is 0 Å². The zero-order valence-corrected chi connectivity index (χ0v) is 18.6. The number of anilines is 3. The average Bonchev–Trinajstić information content (AvgIpc) is 3.07. The molecule has 2 N–H and O–H groups in total. The van der Waals surface area contributed by atoms with Crippen LogP contribution in [0.2, 0.25) is 5.02 Å². The average molecular weight is 468 g/mol. The van der Waals surface area contributed by atoms with Crippen molar-refractivity contribution in [3.8, 4) is 0 Å². The van der Waals surface area contributed by atoms with E-state index in [1.54, 1.807) is 41.4 Å². The summed E-state index contributed by atoms with van der Waals surface area (Å²) in [7, 11) is 0. The highest BCUT2D eigenvalue weighted by Gasteiger charge is 2.21. The summed E-state index contributed by atoms with van der Waals surface area (Å²) in [5.41, 5.74) is 1.55. The lowest BCUT2D eigenvalue weighted by Gasteiger charge is -2.23. The molecule has 2 aromatic carbocycles. The van der Waals surface area contributed by atoms with E-state index in [-0.39, 0.29) is 11.7 Å². The number of aromatic nitrogens is 1. The summed E-state index contributed by atoms with van der Waals surface area (Å²) in [6.45, 7) is 2.53. The SMILES string of the molecule is O=C(Nc1ccc(N2CCCN(C(=O)c3ccc(F)cc3)CC2)nc1)Nc1ccccc1Cl. The van der Waals surface area contributed by atoms with Crippen molar-refractivity contribution in [3.63, 3.8) is 0 Å². The number of nitrogens with zero attached hydrogens (tertiary/aromatic N) is 3. The van der Waals surface area contributed by atoms with Gasteiger partial charge in [-0.1, -0.05) is 23.7 Å². The number of pyridine rings is 1. The summed E-state index contributed by atoms with van der Waals surface area (Å²) >= 11 is 6.06. The summed E-state index contributed by atoms with van der Waals surface area (Å²) in [4.78, 5) is 33.3. The van der Waals surface area contributed by atoms with Crippen LogP contribution in [0.3, 0.4) is 0 Å². The third-order valence-corrected chi connectivity index (χ3v) is 5.66. The monoisotopic (exact) mass is 467 g/mol. The molecule has 2 heterocycles. The van der Waals surface area contributed by atoms with E-state index in [1.807, 2.05) is 6.07 Å². The topological polar surface area (TPSA) is 77.6 Å². The van der Waals surface area contributed by atoms with Gasteiger partial charge in [-0.25, -0.2) is 14.2 Å². The van der Waals surface area contributed by atoms with E-state index in [9.17, 15) is 14.0 Å². The second-order valence-corrected chi connectivity index (χ2v) is 8.01. The predicted octanol–water partition coefficient (Wildman–Crippen LogP) is 4.87. The van der Waals surface area contributed by atoms with Gasteiger partial charge in [0, 0.05) is 31.7 Å². The minimum absolute atomic E-state index is 0.103. The number of hydrogen-bond donors (Lipinski definition) is 2. The van der Waals surface area contributed by atoms with Gasteiger partial charge in [0.15, 0.2) is 0 Å². The van der Waals surface area contributed by atoms with Gasteiger partial charge in [0.05, 0.1) is 22.6 Å². The smallest absolute Gasteiger partial charge is 0.323 e. The van der Waals surface area contributed by atoms with E-state index in [4.69, 9.17) is 11.6 Å². The summed E-state index contributed by atoms with van der Waals surface area (Å²) < 4.78 is 13.1. The molecule has 0 atom stereocenters. The van der Waals surface area contributed by atoms with E-state index < -0.39 is 6.03 Å². The maximum absolute atomic E-state index is 13.1. The van der Waals surface area contributed by atoms with Crippen molar-refractivity contribution in [2.75, 3.05) is 41.7 Å². The molecule has 3 aromatic rings. The number of para-hydroxylation sites is 1. The van der Waals surface area contributed by atoms with Crippen molar-refractivity contribution in [1.82, 2.24) is 9.88 Å². The van der Waals surface area contributed by atoms with E-state index >= 15 is 0 Å². The Balaban J connectivity index is 1.33. The molecule has 1 aromatic heterocycles. The molecule has 1 fully saturated rings. The van der Waals surface area contributed by atoms with Crippen LogP contribution < -0.4 is 15.5 Å². The van der Waals surface area contributed by atoms with Crippen molar-refractivity contribution < 1.29 is 14.0 Å². The number of nitrogens with one attached hydrogen (secondary N) is 2. The van der Waals surface area contributed by atoms with Crippen LogP contribution >= 0.6 is 11.6 Å². The number of amides is 3. The molecule has 170 valence electrons. The Hall–Kier alpha value is -3.65. The molecule has 1 aliphatic rings. The van der Waals surface area contributed by atoms with Crippen LogP contribution in [-0.2, 0) is 0 Å². The molecule has 9 heteroatoms. The van der Waals surface area contributed by atoms with Crippen LogP contribution in [-0.4, -0.2) is 48.0 Å². The molecule has 0 radical (unpaired) electrons. The zero-order valence-electron chi connectivity index (χ0n) is 17.8. The minimum Gasteiger partial charge on any atom is -0.355 e. The molecule has 0 unspecified atom stereocenters. The first kappa shape index (κ1) is 22.5. The fraction of sp³-hybridized carbons (Fsp3) is 0.208. The van der Waals surface area contributed by atoms with Crippen LogP contribution in [0.4, 0.5) is 26.4 Å². The number of carbonyl (C=O) groups is 2. The molecule has 33 heavy (non-hydrogen) atoms. The molecule has 1 saturated heterocycles. The fourth-order valence-corrected chi connectivity index (χ4v) is 3.80. The summed E-state index contributed by atoms with van der Waals surface area (Å²) in [5.74, 6) is 0.302. The van der Waals surface area contributed by atoms with Crippen molar-refractivity contribution in [2.45, 2.75) is 6.42 Å². The van der Waals surface area contributed by atoms with E-state index in [0.717, 1.165) is 18.8 Å². The Morgan fingerprint density at radius 2 is 1.70 bits per heavy atom. The van der Waals surface area contributed by atoms with Crippen LogP contribution in [0.1, 0.15) is 16.8 Å². The Labute approximate surface area is 196 Å². The highest BCUT2D eigenvalue weighted by molar-refractivity contribution is 6.33.